The SMILES string of the molecule is CN(C)C/C=C/C(=O)Nc1ccc(C(=O)N2CC[C@@H](Nc3nccc(-c4c(-c5ccccc5)nn5ccccc45)n3)C2)cc1. The minimum Gasteiger partial charge on any atom is -0.350 e. The van der Waals surface area contributed by atoms with Gasteiger partial charge in [0.15, 0.2) is 0 Å². The predicted molar refractivity (Wildman–Crippen MR) is 172 cm³/mol. The fourth-order valence-electron chi connectivity index (χ4n) is 5.30. The van der Waals surface area contributed by atoms with Crippen LogP contribution in [0.3, 0.4) is 0 Å². The van der Waals surface area contributed by atoms with E-state index in [1.54, 1.807) is 36.5 Å². The monoisotopic (exact) mass is 586 g/mol. The molecule has 4 heterocycles. The molecule has 6 rings (SSSR count). The number of fused-ring (bicyclic) bond motifs is 1. The average molecular weight is 587 g/mol. The molecule has 1 fully saturated rings. The van der Waals surface area contributed by atoms with E-state index in [2.05, 4.69) is 15.6 Å². The van der Waals surface area contributed by atoms with E-state index in [1.165, 1.54) is 6.08 Å². The number of nitrogens with one attached hydrogen (secondary N) is 2. The van der Waals surface area contributed by atoms with Crippen LogP contribution >= 0.6 is 0 Å². The number of anilines is 2. The van der Waals surface area contributed by atoms with Gasteiger partial charge in [-0.25, -0.2) is 14.5 Å². The lowest BCUT2D eigenvalue weighted by molar-refractivity contribution is -0.111. The number of carbonyl (C=O) groups excluding carboxylic acids is 2. The number of rotatable bonds is 9. The molecule has 1 atom stereocenters. The number of amides is 2. The second-order valence-electron chi connectivity index (χ2n) is 11.0. The van der Waals surface area contributed by atoms with Gasteiger partial charge in [0, 0.05) is 61.0 Å². The highest BCUT2D eigenvalue weighted by Gasteiger charge is 2.28. The molecule has 0 spiro atoms. The molecular formula is C34H34N8O2. The van der Waals surface area contributed by atoms with Crippen molar-refractivity contribution in [1.82, 2.24) is 29.4 Å². The predicted octanol–water partition coefficient (Wildman–Crippen LogP) is 4.84. The molecule has 0 saturated carbocycles. The second-order valence-corrected chi connectivity index (χ2v) is 11.0. The maximum atomic E-state index is 13.2. The summed E-state index contributed by atoms with van der Waals surface area (Å²) in [5.74, 6) is 0.256. The Morgan fingerprint density at radius 1 is 1.00 bits per heavy atom. The first kappa shape index (κ1) is 28.8. The summed E-state index contributed by atoms with van der Waals surface area (Å²) >= 11 is 0. The third kappa shape index (κ3) is 6.50. The highest BCUT2D eigenvalue weighted by Crippen LogP contribution is 2.34. The van der Waals surface area contributed by atoms with Gasteiger partial charge in [-0.1, -0.05) is 42.5 Å². The Hall–Kier alpha value is -5.35. The molecule has 0 unspecified atom stereocenters. The molecule has 44 heavy (non-hydrogen) atoms. The minimum atomic E-state index is -0.205. The summed E-state index contributed by atoms with van der Waals surface area (Å²) in [6, 6.07) is 25.0. The third-order valence-electron chi connectivity index (χ3n) is 7.45. The molecule has 1 aliphatic rings. The van der Waals surface area contributed by atoms with Crippen LogP contribution in [0.4, 0.5) is 11.6 Å². The van der Waals surface area contributed by atoms with Crippen molar-refractivity contribution in [3.8, 4) is 22.5 Å². The Labute approximate surface area is 256 Å². The Balaban J connectivity index is 1.12. The van der Waals surface area contributed by atoms with Crippen molar-refractivity contribution in [3.05, 3.63) is 109 Å². The smallest absolute Gasteiger partial charge is 0.253 e. The molecule has 2 N–H and O–H groups in total. The largest absolute Gasteiger partial charge is 0.350 e. The quantitative estimate of drug-likeness (QED) is 0.238. The van der Waals surface area contributed by atoms with Gasteiger partial charge >= 0.3 is 0 Å². The number of aromatic nitrogens is 4. The standard InChI is InChI=1S/C34H34N8O2/c1-40(2)20-8-12-30(43)36-26-15-13-25(14-16-26)33(44)41-22-18-27(23-41)37-34-35-19-17-28(38-34)31-29-11-6-7-21-42(29)39-32(31)24-9-4-3-5-10-24/h3-17,19,21,27H,18,20,22-23H2,1-2H3,(H,36,43)(H,35,37,38)/b12-8+/t27-/m1/s1. The summed E-state index contributed by atoms with van der Waals surface area (Å²) in [5.41, 5.74) is 5.75. The van der Waals surface area contributed by atoms with Crippen LogP contribution in [0.1, 0.15) is 16.8 Å². The van der Waals surface area contributed by atoms with Crippen molar-refractivity contribution in [2.45, 2.75) is 12.5 Å². The number of benzene rings is 2. The number of likely N-dealkylation sites (tertiary alicyclic amines) is 1. The van der Waals surface area contributed by atoms with Gasteiger partial charge in [0.2, 0.25) is 11.9 Å². The molecule has 1 saturated heterocycles. The van der Waals surface area contributed by atoms with Gasteiger partial charge < -0.3 is 20.4 Å². The lowest BCUT2D eigenvalue weighted by Gasteiger charge is -2.17. The summed E-state index contributed by atoms with van der Waals surface area (Å²) in [6.45, 7) is 1.84. The van der Waals surface area contributed by atoms with Gasteiger partial charge in [-0.3, -0.25) is 9.59 Å². The number of nitrogens with zero attached hydrogens (tertiary/aromatic N) is 6. The van der Waals surface area contributed by atoms with Crippen molar-refractivity contribution in [3.63, 3.8) is 0 Å². The van der Waals surface area contributed by atoms with Gasteiger partial charge in [-0.2, -0.15) is 5.10 Å². The zero-order valence-corrected chi connectivity index (χ0v) is 24.7. The highest BCUT2D eigenvalue weighted by molar-refractivity contribution is 6.00. The first-order valence-electron chi connectivity index (χ1n) is 14.6. The first-order chi connectivity index (χ1) is 21.4. The van der Waals surface area contributed by atoms with Crippen molar-refractivity contribution in [2.24, 2.45) is 0 Å². The van der Waals surface area contributed by atoms with Gasteiger partial charge in [0.1, 0.15) is 5.69 Å². The highest BCUT2D eigenvalue weighted by atomic mass is 16.2. The molecular weight excluding hydrogens is 552 g/mol. The normalized spacial score (nSPS) is 14.9. The second kappa shape index (κ2) is 12.9. The number of likely N-dealkylation sites (N-methyl/N-ethyl adjacent to an activating group) is 1. The fourth-order valence-corrected chi connectivity index (χ4v) is 5.30. The molecule has 2 amide bonds. The van der Waals surface area contributed by atoms with Gasteiger partial charge in [0.25, 0.3) is 5.91 Å². The number of hydrogen-bond donors (Lipinski definition) is 2. The van der Waals surface area contributed by atoms with Crippen LogP contribution in [0.15, 0.2) is 103 Å². The van der Waals surface area contributed by atoms with E-state index in [4.69, 9.17) is 10.1 Å². The zero-order valence-electron chi connectivity index (χ0n) is 24.7. The van der Waals surface area contributed by atoms with Crippen LogP contribution in [0.25, 0.3) is 28.0 Å². The molecule has 5 aromatic rings. The topological polar surface area (TPSA) is 108 Å². The van der Waals surface area contributed by atoms with Crippen molar-refractivity contribution in [2.75, 3.05) is 44.4 Å². The van der Waals surface area contributed by atoms with E-state index in [0.717, 1.165) is 34.5 Å². The van der Waals surface area contributed by atoms with E-state index in [1.807, 2.05) is 89.2 Å². The lowest BCUT2D eigenvalue weighted by atomic mass is 10.0. The minimum absolute atomic E-state index is 0.0132. The van der Waals surface area contributed by atoms with Gasteiger partial charge in [0.05, 0.1) is 16.8 Å². The molecule has 0 radical (unpaired) electrons. The summed E-state index contributed by atoms with van der Waals surface area (Å²) in [6.07, 6.45) is 7.77. The van der Waals surface area contributed by atoms with Crippen molar-refractivity contribution >= 4 is 29.0 Å². The first-order valence-corrected chi connectivity index (χ1v) is 14.6. The zero-order chi connectivity index (χ0) is 30.5. The van der Waals surface area contributed by atoms with Gasteiger partial charge in [-0.15, -0.1) is 0 Å². The van der Waals surface area contributed by atoms with Crippen LogP contribution < -0.4 is 10.6 Å². The molecule has 2 aromatic carbocycles. The van der Waals surface area contributed by atoms with E-state index in [9.17, 15) is 9.59 Å². The Morgan fingerprint density at radius 2 is 1.80 bits per heavy atom. The third-order valence-corrected chi connectivity index (χ3v) is 7.45. The van der Waals surface area contributed by atoms with E-state index in [0.29, 0.717) is 36.8 Å². The molecule has 0 aliphatic carbocycles. The molecule has 222 valence electrons. The van der Waals surface area contributed by atoms with Crippen LogP contribution in [0, 0.1) is 0 Å². The lowest BCUT2D eigenvalue weighted by Crippen LogP contribution is -2.31. The van der Waals surface area contributed by atoms with Crippen LogP contribution in [0.2, 0.25) is 0 Å². The van der Waals surface area contributed by atoms with Gasteiger partial charge in [-0.05, 0) is 63.0 Å². The Kier molecular flexibility index (Phi) is 8.42. The van der Waals surface area contributed by atoms with E-state index < -0.39 is 0 Å². The van der Waals surface area contributed by atoms with Crippen LogP contribution in [0.5, 0.6) is 0 Å². The number of carbonyl (C=O) groups is 2. The van der Waals surface area contributed by atoms with Crippen LogP contribution in [-0.4, -0.2) is 81.0 Å². The fraction of sp³-hybridized carbons (Fsp3) is 0.206. The average Bonchev–Trinajstić information content (AvgIpc) is 3.66. The van der Waals surface area contributed by atoms with E-state index >= 15 is 0 Å². The Bertz CT molecular complexity index is 1800. The summed E-state index contributed by atoms with van der Waals surface area (Å²) in [4.78, 5) is 38.5. The summed E-state index contributed by atoms with van der Waals surface area (Å²) in [7, 11) is 3.88. The molecule has 10 heteroatoms. The summed E-state index contributed by atoms with van der Waals surface area (Å²) in [5, 5.41) is 11.1. The maximum Gasteiger partial charge on any atom is 0.253 e. The van der Waals surface area contributed by atoms with Crippen LogP contribution in [-0.2, 0) is 4.79 Å². The molecule has 0 bridgehead atoms. The summed E-state index contributed by atoms with van der Waals surface area (Å²) < 4.78 is 1.87. The maximum absolute atomic E-state index is 13.2. The molecule has 10 nitrogen and oxygen atoms in total. The van der Waals surface area contributed by atoms with Crippen molar-refractivity contribution < 1.29 is 9.59 Å². The Morgan fingerprint density at radius 3 is 2.59 bits per heavy atom. The number of pyridine rings is 1. The van der Waals surface area contributed by atoms with E-state index in [-0.39, 0.29) is 17.9 Å². The van der Waals surface area contributed by atoms with Crippen molar-refractivity contribution in [1.29, 1.82) is 0 Å². The number of hydrogen-bond acceptors (Lipinski definition) is 7. The molecule has 1 aliphatic heterocycles. The molecule has 3 aromatic heterocycles.